The first-order chi connectivity index (χ1) is 9.63. The predicted molar refractivity (Wildman–Crippen MR) is 75.2 cm³/mol. The van der Waals surface area contributed by atoms with Crippen LogP contribution >= 0.6 is 0 Å². The molecule has 0 bridgehead atoms. The number of methoxy groups -OCH3 is 1. The average Bonchev–Trinajstić information content (AvgIpc) is 3.26. The molecule has 1 atom stereocenters. The summed E-state index contributed by atoms with van der Waals surface area (Å²) in [6, 6.07) is 6.11. The molecule has 5 nitrogen and oxygen atoms in total. The average molecular weight is 279 g/mol. The smallest absolute Gasteiger partial charge is 0.344 e. The molecule has 0 aromatic heterocycles. The van der Waals surface area contributed by atoms with Gasteiger partial charge in [0.25, 0.3) is 0 Å². The summed E-state index contributed by atoms with van der Waals surface area (Å²) in [4.78, 5) is 11.1. The number of carboxylic acid groups (broad SMARTS) is 1. The van der Waals surface area contributed by atoms with Crippen LogP contribution < -0.4 is 14.8 Å². The monoisotopic (exact) mass is 279 g/mol. The Morgan fingerprint density at radius 1 is 1.50 bits per heavy atom. The molecular weight excluding hydrogens is 258 g/mol. The Labute approximate surface area is 118 Å². The highest BCUT2D eigenvalue weighted by Crippen LogP contribution is 2.27. The summed E-state index contributed by atoms with van der Waals surface area (Å²) in [5, 5.41) is 12.5. The zero-order valence-electron chi connectivity index (χ0n) is 11.9. The number of carboxylic acids is 1. The van der Waals surface area contributed by atoms with Crippen molar-refractivity contribution in [1.29, 1.82) is 0 Å². The van der Waals surface area contributed by atoms with Gasteiger partial charge in [0.15, 0.2) is 6.10 Å². The van der Waals surface area contributed by atoms with Crippen LogP contribution in [0.2, 0.25) is 0 Å². The second-order valence-electron chi connectivity index (χ2n) is 4.98. The SMILES string of the molecule is CCC(Oc1cc(OC)ccc1CNC1CC1)C(=O)O. The van der Waals surface area contributed by atoms with Crippen molar-refractivity contribution in [2.24, 2.45) is 0 Å². The summed E-state index contributed by atoms with van der Waals surface area (Å²) in [6.45, 7) is 2.47. The molecule has 0 saturated heterocycles. The topological polar surface area (TPSA) is 67.8 Å². The minimum absolute atomic E-state index is 0.419. The Morgan fingerprint density at radius 3 is 2.80 bits per heavy atom. The molecule has 5 heteroatoms. The summed E-state index contributed by atoms with van der Waals surface area (Å²) in [6.07, 6.45) is 2.00. The van der Waals surface area contributed by atoms with E-state index in [-0.39, 0.29) is 0 Å². The fourth-order valence-electron chi connectivity index (χ4n) is 1.92. The van der Waals surface area contributed by atoms with Crippen LogP contribution in [0.15, 0.2) is 18.2 Å². The molecule has 1 aromatic carbocycles. The van der Waals surface area contributed by atoms with Crippen LogP contribution in [0.4, 0.5) is 0 Å². The molecule has 1 unspecified atom stereocenters. The lowest BCUT2D eigenvalue weighted by atomic mass is 10.1. The van der Waals surface area contributed by atoms with Gasteiger partial charge in [0, 0.05) is 24.2 Å². The van der Waals surface area contributed by atoms with Crippen molar-refractivity contribution in [3.8, 4) is 11.5 Å². The van der Waals surface area contributed by atoms with E-state index in [1.54, 1.807) is 20.1 Å². The third kappa shape index (κ3) is 3.87. The first-order valence-corrected chi connectivity index (χ1v) is 6.93. The molecule has 1 aromatic rings. The van der Waals surface area contributed by atoms with Crippen molar-refractivity contribution in [3.63, 3.8) is 0 Å². The Bertz CT molecular complexity index is 471. The molecule has 0 amide bonds. The van der Waals surface area contributed by atoms with Gasteiger partial charge in [-0.3, -0.25) is 0 Å². The van der Waals surface area contributed by atoms with Crippen LogP contribution in [0.1, 0.15) is 31.7 Å². The molecule has 0 spiro atoms. The standard InChI is InChI=1S/C15H21NO4/c1-3-13(15(17)18)20-14-8-12(19-2)7-4-10(14)9-16-11-5-6-11/h4,7-8,11,13,16H,3,5-6,9H2,1-2H3,(H,17,18). The number of nitrogens with one attached hydrogen (secondary N) is 1. The fraction of sp³-hybridized carbons (Fsp3) is 0.533. The second kappa shape index (κ2) is 6.61. The molecule has 1 aliphatic rings. The van der Waals surface area contributed by atoms with Crippen LogP contribution in [0.3, 0.4) is 0 Å². The summed E-state index contributed by atoms with van der Waals surface area (Å²) in [5.74, 6) is 0.290. The van der Waals surface area contributed by atoms with Gasteiger partial charge in [0.1, 0.15) is 11.5 Å². The van der Waals surface area contributed by atoms with Crippen molar-refractivity contribution >= 4 is 5.97 Å². The number of hydrogen-bond donors (Lipinski definition) is 2. The quantitative estimate of drug-likeness (QED) is 0.763. The van der Waals surface area contributed by atoms with Gasteiger partial charge >= 0.3 is 5.97 Å². The molecule has 2 N–H and O–H groups in total. The largest absolute Gasteiger partial charge is 0.497 e. The molecule has 1 fully saturated rings. The van der Waals surface area contributed by atoms with Gasteiger partial charge < -0.3 is 19.9 Å². The predicted octanol–water partition coefficient (Wildman–Crippen LogP) is 2.19. The van der Waals surface area contributed by atoms with E-state index in [1.165, 1.54) is 12.8 Å². The van der Waals surface area contributed by atoms with Gasteiger partial charge in [0.05, 0.1) is 7.11 Å². The van der Waals surface area contributed by atoms with E-state index in [1.807, 2.05) is 12.1 Å². The van der Waals surface area contributed by atoms with Crippen LogP contribution in [-0.2, 0) is 11.3 Å². The number of rotatable bonds is 8. The molecule has 0 heterocycles. The maximum atomic E-state index is 11.1. The first kappa shape index (κ1) is 14.7. The van der Waals surface area contributed by atoms with E-state index in [2.05, 4.69) is 5.32 Å². The Balaban J connectivity index is 2.14. The molecule has 20 heavy (non-hydrogen) atoms. The third-order valence-electron chi connectivity index (χ3n) is 3.35. The highest BCUT2D eigenvalue weighted by atomic mass is 16.5. The molecule has 1 saturated carbocycles. The van der Waals surface area contributed by atoms with Crippen LogP contribution in [0, 0.1) is 0 Å². The lowest BCUT2D eigenvalue weighted by Gasteiger charge is -2.17. The second-order valence-corrected chi connectivity index (χ2v) is 4.98. The minimum atomic E-state index is -0.948. The lowest BCUT2D eigenvalue weighted by molar-refractivity contribution is -0.145. The van der Waals surface area contributed by atoms with Gasteiger partial charge in [-0.05, 0) is 25.3 Å². The number of hydrogen-bond acceptors (Lipinski definition) is 4. The highest BCUT2D eigenvalue weighted by molar-refractivity contribution is 5.72. The summed E-state index contributed by atoms with van der Waals surface area (Å²) >= 11 is 0. The van der Waals surface area contributed by atoms with Crippen LogP contribution in [0.5, 0.6) is 11.5 Å². The molecule has 0 radical (unpaired) electrons. The molecule has 2 rings (SSSR count). The zero-order chi connectivity index (χ0) is 14.5. The van der Waals surface area contributed by atoms with Crippen molar-refractivity contribution in [2.45, 2.75) is 44.9 Å². The van der Waals surface area contributed by atoms with Gasteiger partial charge in [-0.15, -0.1) is 0 Å². The molecule has 1 aliphatic carbocycles. The molecule has 110 valence electrons. The van der Waals surface area contributed by atoms with Crippen molar-refractivity contribution in [1.82, 2.24) is 5.32 Å². The summed E-state index contributed by atoms with van der Waals surface area (Å²) in [7, 11) is 1.58. The normalized spacial score (nSPS) is 15.7. The van der Waals surface area contributed by atoms with E-state index in [9.17, 15) is 4.79 Å². The van der Waals surface area contributed by atoms with Crippen LogP contribution in [0.25, 0.3) is 0 Å². The summed E-state index contributed by atoms with van der Waals surface area (Å²) < 4.78 is 10.8. The maximum absolute atomic E-state index is 11.1. The Morgan fingerprint density at radius 2 is 2.25 bits per heavy atom. The van der Waals surface area contributed by atoms with Gasteiger partial charge in [0.2, 0.25) is 0 Å². The first-order valence-electron chi connectivity index (χ1n) is 6.93. The Kier molecular flexibility index (Phi) is 4.84. The molecular formula is C15H21NO4. The summed E-state index contributed by atoms with van der Waals surface area (Å²) in [5.41, 5.74) is 0.956. The van der Waals surface area contributed by atoms with Gasteiger partial charge in [-0.1, -0.05) is 13.0 Å². The van der Waals surface area contributed by atoms with Crippen molar-refractivity contribution < 1.29 is 19.4 Å². The van der Waals surface area contributed by atoms with E-state index in [4.69, 9.17) is 14.6 Å². The zero-order valence-corrected chi connectivity index (χ0v) is 11.9. The van der Waals surface area contributed by atoms with Crippen molar-refractivity contribution in [2.75, 3.05) is 7.11 Å². The molecule has 0 aliphatic heterocycles. The lowest BCUT2D eigenvalue weighted by Crippen LogP contribution is -2.27. The van der Waals surface area contributed by atoms with E-state index >= 15 is 0 Å². The van der Waals surface area contributed by atoms with Crippen molar-refractivity contribution in [3.05, 3.63) is 23.8 Å². The minimum Gasteiger partial charge on any atom is -0.497 e. The number of ether oxygens (including phenoxy) is 2. The van der Waals surface area contributed by atoms with Gasteiger partial charge in [-0.25, -0.2) is 4.79 Å². The van der Waals surface area contributed by atoms with Crippen LogP contribution in [-0.4, -0.2) is 30.3 Å². The Hall–Kier alpha value is -1.75. The highest BCUT2D eigenvalue weighted by Gasteiger charge is 2.22. The number of aliphatic carboxylic acids is 1. The van der Waals surface area contributed by atoms with E-state index in [0.717, 1.165) is 5.56 Å². The van der Waals surface area contributed by atoms with E-state index in [0.29, 0.717) is 30.5 Å². The number of carbonyl (C=O) groups is 1. The maximum Gasteiger partial charge on any atom is 0.344 e. The van der Waals surface area contributed by atoms with E-state index < -0.39 is 12.1 Å². The van der Waals surface area contributed by atoms with Gasteiger partial charge in [-0.2, -0.15) is 0 Å². The number of benzene rings is 1. The fourth-order valence-corrected chi connectivity index (χ4v) is 1.92. The third-order valence-corrected chi connectivity index (χ3v) is 3.35.